The summed E-state index contributed by atoms with van der Waals surface area (Å²) in [4.78, 5) is 21.3. The van der Waals surface area contributed by atoms with Crippen LogP contribution < -0.4 is 5.32 Å². The van der Waals surface area contributed by atoms with Gasteiger partial charge in [0.05, 0.1) is 22.8 Å². The highest BCUT2D eigenvalue weighted by Crippen LogP contribution is 2.30. The maximum atomic E-state index is 12.8. The highest BCUT2D eigenvalue weighted by Gasteiger charge is 2.19. The molecule has 0 spiro atoms. The van der Waals surface area contributed by atoms with Gasteiger partial charge in [-0.25, -0.2) is 4.98 Å². The van der Waals surface area contributed by atoms with Crippen LogP contribution in [0.4, 0.5) is 0 Å². The number of hydrogen-bond acceptors (Lipinski definition) is 3. The number of benzene rings is 2. The van der Waals surface area contributed by atoms with Gasteiger partial charge in [0.25, 0.3) is 5.91 Å². The molecule has 0 bridgehead atoms. The van der Waals surface area contributed by atoms with E-state index in [4.69, 9.17) is 0 Å². The molecular formula is C21H19N3OS. The molecule has 0 saturated carbocycles. The quantitative estimate of drug-likeness (QED) is 0.532. The van der Waals surface area contributed by atoms with Crippen molar-refractivity contribution in [1.82, 2.24) is 15.3 Å². The minimum Gasteiger partial charge on any atom is -0.342 e. The van der Waals surface area contributed by atoms with Crippen LogP contribution in [0.15, 0.2) is 60.8 Å². The van der Waals surface area contributed by atoms with Crippen LogP contribution in [0, 0.1) is 6.92 Å². The second kappa shape index (κ2) is 6.77. The number of fused-ring (bicyclic) bond motifs is 1. The molecule has 4 nitrogen and oxygen atoms in total. The van der Waals surface area contributed by atoms with Crippen molar-refractivity contribution >= 4 is 27.3 Å². The Kier molecular flexibility index (Phi) is 4.31. The minimum atomic E-state index is -0.204. The van der Waals surface area contributed by atoms with E-state index in [0.29, 0.717) is 0 Å². The van der Waals surface area contributed by atoms with Gasteiger partial charge in [-0.15, -0.1) is 11.3 Å². The fourth-order valence-electron chi connectivity index (χ4n) is 3.04. The van der Waals surface area contributed by atoms with Crippen molar-refractivity contribution in [2.24, 2.45) is 0 Å². The zero-order chi connectivity index (χ0) is 18.1. The lowest BCUT2D eigenvalue weighted by atomic mass is 10.1. The first-order chi connectivity index (χ1) is 12.6. The Balaban J connectivity index is 1.54. The number of carbonyl (C=O) groups excluding carboxylic acids is 1. The summed E-state index contributed by atoms with van der Waals surface area (Å²) in [6, 6.07) is 17.9. The largest absolute Gasteiger partial charge is 0.342 e. The molecule has 0 saturated heterocycles. The van der Waals surface area contributed by atoms with E-state index < -0.39 is 0 Å². The number of amides is 1. The van der Waals surface area contributed by atoms with Crippen molar-refractivity contribution in [3.05, 3.63) is 77.1 Å². The smallest absolute Gasteiger partial charge is 0.262 e. The van der Waals surface area contributed by atoms with Gasteiger partial charge in [0, 0.05) is 4.70 Å². The third-order valence-corrected chi connectivity index (χ3v) is 5.76. The van der Waals surface area contributed by atoms with E-state index in [1.54, 1.807) is 6.20 Å². The fraction of sp³-hybridized carbons (Fsp3) is 0.143. The average Bonchev–Trinajstić information content (AvgIpc) is 3.28. The molecule has 0 aliphatic heterocycles. The lowest BCUT2D eigenvalue weighted by Crippen LogP contribution is -2.27. The maximum absolute atomic E-state index is 12.8. The summed E-state index contributed by atoms with van der Waals surface area (Å²) in [5.41, 5.74) is 3.05. The molecule has 1 amide bonds. The van der Waals surface area contributed by atoms with Crippen LogP contribution in [-0.4, -0.2) is 15.9 Å². The van der Waals surface area contributed by atoms with E-state index >= 15 is 0 Å². The van der Waals surface area contributed by atoms with Crippen molar-refractivity contribution in [1.29, 1.82) is 0 Å². The summed E-state index contributed by atoms with van der Waals surface area (Å²) in [6.07, 6.45) is 1.80. The van der Waals surface area contributed by atoms with E-state index in [2.05, 4.69) is 21.4 Å². The van der Waals surface area contributed by atoms with Crippen LogP contribution in [0.1, 0.15) is 34.0 Å². The molecule has 1 atom stereocenters. The summed E-state index contributed by atoms with van der Waals surface area (Å²) in [7, 11) is 0. The number of aromatic amines is 1. The molecule has 2 aromatic carbocycles. The fourth-order valence-corrected chi connectivity index (χ4v) is 4.15. The van der Waals surface area contributed by atoms with E-state index in [-0.39, 0.29) is 11.9 Å². The molecule has 26 heavy (non-hydrogen) atoms. The predicted molar refractivity (Wildman–Crippen MR) is 106 cm³/mol. The van der Waals surface area contributed by atoms with Crippen LogP contribution in [-0.2, 0) is 0 Å². The first kappa shape index (κ1) is 16.5. The van der Waals surface area contributed by atoms with E-state index in [1.165, 1.54) is 11.3 Å². The van der Waals surface area contributed by atoms with E-state index in [0.717, 1.165) is 37.6 Å². The van der Waals surface area contributed by atoms with Gasteiger partial charge in [-0.05, 0) is 36.4 Å². The Morgan fingerprint density at radius 2 is 1.85 bits per heavy atom. The summed E-state index contributed by atoms with van der Waals surface area (Å²) in [6.45, 7) is 3.94. The number of rotatable bonds is 4. The molecule has 0 radical (unpaired) electrons. The zero-order valence-corrected chi connectivity index (χ0v) is 15.4. The van der Waals surface area contributed by atoms with Crippen molar-refractivity contribution < 1.29 is 4.79 Å². The lowest BCUT2D eigenvalue weighted by Gasteiger charge is -2.11. The van der Waals surface area contributed by atoms with Gasteiger partial charge in [-0.2, -0.15) is 0 Å². The predicted octanol–water partition coefficient (Wildman–Crippen LogP) is 5.09. The van der Waals surface area contributed by atoms with Crippen molar-refractivity contribution in [2.45, 2.75) is 19.9 Å². The van der Waals surface area contributed by atoms with Crippen LogP contribution in [0.2, 0.25) is 0 Å². The second-order valence-electron chi connectivity index (χ2n) is 6.30. The van der Waals surface area contributed by atoms with Crippen molar-refractivity contribution in [3.8, 4) is 11.3 Å². The number of aromatic nitrogens is 2. The van der Waals surface area contributed by atoms with Gasteiger partial charge in [-0.1, -0.05) is 48.5 Å². The van der Waals surface area contributed by atoms with Gasteiger partial charge < -0.3 is 10.3 Å². The summed E-state index contributed by atoms with van der Waals surface area (Å²) < 4.78 is 1.13. The van der Waals surface area contributed by atoms with Crippen LogP contribution in [0.25, 0.3) is 21.3 Å². The number of nitrogens with zero attached hydrogens (tertiary/aromatic N) is 1. The molecule has 4 rings (SSSR count). The topological polar surface area (TPSA) is 57.8 Å². The molecular weight excluding hydrogens is 342 g/mol. The Morgan fingerprint density at radius 3 is 2.62 bits per heavy atom. The molecule has 0 aliphatic rings. The number of aryl methyl sites for hydroxylation is 1. The van der Waals surface area contributed by atoms with E-state index in [1.807, 2.05) is 62.4 Å². The normalized spacial score (nSPS) is 12.2. The Bertz CT molecular complexity index is 1070. The first-order valence-electron chi connectivity index (χ1n) is 8.53. The first-order valence-corrected chi connectivity index (χ1v) is 9.34. The third-order valence-electron chi connectivity index (χ3n) is 4.49. The number of hydrogen-bond donors (Lipinski definition) is 2. The number of nitrogens with one attached hydrogen (secondary N) is 2. The molecule has 0 aliphatic carbocycles. The summed E-state index contributed by atoms with van der Waals surface area (Å²) in [5.74, 6) is 0.685. The molecule has 0 fully saturated rings. The Labute approximate surface area is 155 Å². The molecule has 2 aromatic heterocycles. The number of imidazole rings is 1. The minimum absolute atomic E-state index is 0.0612. The average molecular weight is 361 g/mol. The van der Waals surface area contributed by atoms with Crippen molar-refractivity contribution in [3.63, 3.8) is 0 Å². The zero-order valence-electron chi connectivity index (χ0n) is 14.6. The second-order valence-corrected chi connectivity index (χ2v) is 7.35. The van der Waals surface area contributed by atoms with Gasteiger partial charge in [0.15, 0.2) is 0 Å². The highest BCUT2D eigenvalue weighted by molar-refractivity contribution is 7.21. The molecule has 130 valence electrons. The highest BCUT2D eigenvalue weighted by atomic mass is 32.1. The SMILES string of the molecule is Cc1c(C(=O)NC(C)c2ncc(-c3ccccc3)[nH]2)sc2ccccc12. The monoisotopic (exact) mass is 361 g/mol. The van der Waals surface area contributed by atoms with Crippen LogP contribution >= 0.6 is 11.3 Å². The molecule has 2 heterocycles. The maximum Gasteiger partial charge on any atom is 0.262 e. The molecule has 4 aromatic rings. The standard InChI is InChI=1S/C21H19N3OS/c1-13-16-10-6-7-11-18(16)26-19(13)21(25)23-14(2)20-22-12-17(24-20)15-8-4-3-5-9-15/h3-12,14H,1-2H3,(H,22,24)(H,23,25). The number of carbonyl (C=O) groups is 1. The summed E-state index contributed by atoms with van der Waals surface area (Å²) >= 11 is 1.53. The molecule has 5 heteroatoms. The molecule has 1 unspecified atom stereocenters. The van der Waals surface area contributed by atoms with Gasteiger partial charge in [-0.3, -0.25) is 4.79 Å². The Hall–Kier alpha value is -2.92. The summed E-state index contributed by atoms with van der Waals surface area (Å²) in [5, 5.41) is 4.20. The number of thiophene rings is 1. The third kappa shape index (κ3) is 3.02. The van der Waals surface area contributed by atoms with E-state index in [9.17, 15) is 4.79 Å². The van der Waals surface area contributed by atoms with Gasteiger partial charge in [0.2, 0.25) is 0 Å². The Morgan fingerprint density at radius 1 is 1.12 bits per heavy atom. The lowest BCUT2D eigenvalue weighted by molar-refractivity contribution is 0.0942. The van der Waals surface area contributed by atoms with Crippen LogP contribution in [0.5, 0.6) is 0 Å². The van der Waals surface area contributed by atoms with Crippen molar-refractivity contribution in [2.75, 3.05) is 0 Å². The van der Waals surface area contributed by atoms with Gasteiger partial charge in [0.1, 0.15) is 5.82 Å². The van der Waals surface area contributed by atoms with Crippen LogP contribution in [0.3, 0.4) is 0 Å². The molecule has 2 N–H and O–H groups in total. The van der Waals surface area contributed by atoms with Gasteiger partial charge >= 0.3 is 0 Å². The number of H-pyrrole nitrogens is 1.